The van der Waals surface area contributed by atoms with E-state index in [-0.39, 0.29) is 0 Å². The third kappa shape index (κ3) is 2.78. The number of anilines is 2. The molecule has 0 aliphatic rings. The molecule has 2 aromatic rings. The summed E-state index contributed by atoms with van der Waals surface area (Å²) < 4.78 is 0.881. The highest BCUT2D eigenvalue weighted by molar-refractivity contribution is 9.10. The highest BCUT2D eigenvalue weighted by Crippen LogP contribution is 2.25. The van der Waals surface area contributed by atoms with E-state index in [0.29, 0.717) is 5.95 Å². The van der Waals surface area contributed by atoms with Crippen LogP contribution in [-0.4, -0.2) is 29.0 Å². The number of aromatic nitrogens is 3. The van der Waals surface area contributed by atoms with Crippen LogP contribution >= 0.6 is 27.3 Å². The van der Waals surface area contributed by atoms with Gasteiger partial charge in [-0.1, -0.05) is 0 Å². The van der Waals surface area contributed by atoms with E-state index in [1.165, 1.54) is 4.88 Å². The molecule has 0 radical (unpaired) electrons. The van der Waals surface area contributed by atoms with Gasteiger partial charge in [0, 0.05) is 25.2 Å². The molecule has 0 unspecified atom stereocenters. The second-order valence-electron chi connectivity index (χ2n) is 3.83. The number of rotatable bonds is 4. The zero-order valence-electron chi connectivity index (χ0n) is 10.4. The Labute approximate surface area is 118 Å². The summed E-state index contributed by atoms with van der Waals surface area (Å²) in [6.45, 7) is 2.81. The molecule has 0 spiro atoms. The smallest absolute Gasteiger partial charge is 0.224 e. The minimum atomic E-state index is 0.612. The minimum Gasteiger partial charge on any atom is -0.357 e. The van der Waals surface area contributed by atoms with Gasteiger partial charge in [-0.15, -0.1) is 11.3 Å². The van der Waals surface area contributed by atoms with Crippen LogP contribution in [0.1, 0.15) is 10.6 Å². The van der Waals surface area contributed by atoms with Crippen LogP contribution in [0.4, 0.5) is 11.8 Å². The third-order valence-corrected chi connectivity index (χ3v) is 4.02. The Kier molecular flexibility index (Phi) is 4.13. The normalized spacial score (nSPS) is 10.4. The first kappa shape index (κ1) is 13.2. The molecule has 0 aromatic carbocycles. The topological polar surface area (TPSA) is 53.9 Å². The van der Waals surface area contributed by atoms with E-state index in [2.05, 4.69) is 41.1 Å². The molecule has 96 valence electrons. The van der Waals surface area contributed by atoms with Crippen molar-refractivity contribution in [2.45, 2.75) is 13.5 Å². The molecule has 5 nitrogen and oxygen atoms in total. The first-order valence-electron chi connectivity index (χ1n) is 5.42. The molecule has 2 rings (SSSR count). The fraction of sp³-hybridized carbons (Fsp3) is 0.364. The SMILES string of the molecule is CNc1ncc(Br)c(N(C)Cc2scnc2C)n1. The summed E-state index contributed by atoms with van der Waals surface area (Å²) in [6.07, 6.45) is 1.75. The summed E-state index contributed by atoms with van der Waals surface area (Å²) in [6, 6.07) is 0. The number of hydrogen-bond acceptors (Lipinski definition) is 6. The van der Waals surface area contributed by atoms with Gasteiger partial charge in [-0.05, 0) is 22.9 Å². The van der Waals surface area contributed by atoms with E-state index in [0.717, 1.165) is 22.5 Å². The molecule has 7 heteroatoms. The molecule has 0 fully saturated rings. The zero-order valence-corrected chi connectivity index (χ0v) is 12.8. The monoisotopic (exact) mass is 327 g/mol. The number of nitrogens with one attached hydrogen (secondary N) is 1. The van der Waals surface area contributed by atoms with Crippen molar-refractivity contribution >= 4 is 39.0 Å². The van der Waals surface area contributed by atoms with Gasteiger partial charge in [-0.25, -0.2) is 9.97 Å². The van der Waals surface area contributed by atoms with Crippen LogP contribution < -0.4 is 10.2 Å². The van der Waals surface area contributed by atoms with Crippen LogP contribution in [-0.2, 0) is 6.54 Å². The zero-order chi connectivity index (χ0) is 13.1. The van der Waals surface area contributed by atoms with E-state index in [4.69, 9.17) is 0 Å². The summed E-state index contributed by atoms with van der Waals surface area (Å²) >= 11 is 5.14. The maximum absolute atomic E-state index is 4.44. The van der Waals surface area contributed by atoms with Crippen LogP contribution in [0.25, 0.3) is 0 Å². The molecule has 1 N–H and O–H groups in total. The van der Waals surface area contributed by atoms with Gasteiger partial charge in [0.15, 0.2) is 0 Å². The van der Waals surface area contributed by atoms with Crippen molar-refractivity contribution in [3.05, 3.63) is 26.8 Å². The van der Waals surface area contributed by atoms with Gasteiger partial charge >= 0.3 is 0 Å². The van der Waals surface area contributed by atoms with Gasteiger partial charge in [-0.2, -0.15) is 4.98 Å². The van der Waals surface area contributed by atoms with E-state index < -0.39 is 0 Å². The van der Waals surface area contributed by atoms with Gasteiger partial charge in [0.1, 0.15) is 5.82 Å². The van der Waals surface area contributed by atoms with Gasteiger partial charge in [-0.3, -0.25) is 0 Å². The molecule has 2 heterocycles. The van der Waals surface area contributed by atoms with Crippen LogP contribution in [0.3, 0.4) is 0 Å². The van der Waals surface area contributed by atoms with Crippen molar-refractivity contribution in [2.75, 3.05) is 24.3 Å². The quantitative estimate of drug-likeness (QED) is 0.935. The molecular formula is C11H14BrN5S. The van der Waals surface area contributed by atoms with E-state index in [9.17, 15) is 0 Å². The van der Waals surface area contributed by atoms with Crippen molar-refractivity contribution < 1.29 is 0 Å². The lowest BCUT2D eigenvalue weighted by Gasteiger charge is -2.19. The molecule has 0 aliphatic heterocycles. The first-order valence-corrected chi connectivity index (χ1v) is 7.09. The molecule has 18 heavy (non-hydrogen) atoms. The average molecular weight is 328 g/mol. The number of halogens is 1. The Hall–Kier alpha value is -1.21. The third-order valence-electron chi connectivity index (χ3n) is 2.54. The summed E-state index contributed by atoms with van der Waals surface area (Å²) in [5, 5.41) is 2.94. The maximum Gasteiger partial charge on any atom is 0.224 e. The predicted octanol–water partition coefficient (Wildman–Crippen LogP) is 2.68. The number of aryl methyl sites for hydroxylation is 1. The number of thiazole rings is 1. The second kappa shape index (κ2) is 5.62. The number of hydrogen-bond donors (Lipinski definition) is 1. The Morgan fingerprint density at radius 2 is 2.22 bits per heavy atom. The fourth-order valence-electron chi connectivity index (χ4n) is 1.51. The Bertz CT molecular complexity index is 542. The summed E-state index contributed by atoms with van der Waals surface area (Å²) in [5.41, 5.74) is 2.94. The first-order chi connectivity index (χ1) is 8.61. The largest absolute Gasteiger partial charge is 0.357 e. The van der Waals surface area contributed by atoms with Crippen LogP contribution in [0, 0.1) is 6.92 Å². The molecule has 0 saturated carbocycles. The summed E-state index contributed by atoms with van der Waals surface area (Å²) in [7, 11) is 3.81. The van der Waals surface area contributed by atoms with Gasteiger partial charge in [0.2, 0.25) is 5.95 Å². The van der Waals surface area contributed by atoms with Gasteiger partial charge in [0.05, 0.1) is 22.2 Å². The molecular weight excluding hydrogens is 314 g/mol. The van der Waals surface area contributed by atoms with Gasteiger partial charge < -0.3 is 10.2 Å². The van der Waals surface area contributed by atoms with E-state index >= 15 is 0 Å². The highest BCUT2D eigenvalue weighted by Gasteiger charge is 2.12. The van der Waals surface area contributed by atoms with Crippen molar-refractivity contribution in [3.8, 4) is 0 Å². The van der Waals surface area contributed by atoms with E-state index in [1.54, 1.807) is 24.6 Å². The molecule has 0 saturated heterocycles. The average Bonchev–Trinajstić information content (AvgIpc) is 2.75. The van der Waals surface area contributed by atoms with Crippen molar-refractivity contribution in [1.29, 1.82) is 0 Å². The van der Waals surface area contributed by atoms with Crippen molar-refractivity contribution in [1.82, 2.24) is 15.0 Å². The molecule has 2 aromatic heterocycles. The van der Waals surface area contributed by atoms with E-state index in [1.807, 2.05) is 19.5 Å². The minimum absolute atomic E-state index is 0.612. The fourth-order valence-corrected chi connectivity index (χ4v) is 2.84. The van der Waals surface area contributed by atoms with Crippen LogP contribution in [0.5, 0.6) is 0 Å². The predicted molar refractivity (Wildman–Crippen MR) is 78.2 cm³/mol. The standard InChI is InChI=1S/C11H14BrN5S/c1-7-9(18-6-15-7)5-17(3)10-8(12)4-14-11(13-2)16-10/h4,6H,5H2,1-3H3,(H,13,14,16). The summed E-state index contributed by atoms with van der Waals surface area (Å²) in [4.78, 5) is 16.2. The van der Waals surface area contributed by atoms with Crippen molar-refractivity contribution in [2.24, 2.45) is 0 Å². The van der Waals surface area contributed by atoms with Crippen LogP contribution in [0.15, 0.2) is 16.2 Å². The Morgan fingerprint density at radius 3 is 2.83 bits per heavy atom. The molecule has 0 bridgehead atoms. The van der Waals surface area contributed by atoms with Gasteiger partial charge in [0.25, 0.3) is 0 Å². The lowest BCUT2D eigenvalue weighted by Crippen LogP contribution is -2.19. The highest BCUT2D eigenvalue weighted by atomic mass is 79.9. The second-order valence-corrected chi connectivity index (χ2v) is 5.63. The molecule has 0 amide bonds. The summed E-state index contributed by atoms with van der Waals surface area (Å²) in [5.74, 6) is 1.48. The van der Waals surface area contributed by atoms with Crippen LogP contribution in [0.2, 0.25) is 0 Å². The Morgan fingerprint density at radius 1 is 1.44 bits per heavy atom. The van der Waals surface area contributed by atoms with Crippen molar-refractivity contribution in [3.63, 3.8) is 0 Å². The molecule has 0 aliphatic carbocycles. The number of nitrogens with zero attached hydrogens (tertiary/aromatic N) is 4. The lowest BCUT2D eigenvalue weighted by atomic mass is 10.3. The lowest BCUT2D eigenvalue weighted by molar-refractivity contribution is 0.890. The molecule has 0 atom stereocenters. The maximum atomic E-state index is 4.44. The Balaban J connectivity index is 2.23.